The van der Waals surface area contributed by atoms with Gasteiger partial charge in [-0.2, -0.15) is 0 Å². The first-order valence-corrected chi connectivity index (χ1v) is 10.7. The maximum Gasteiger partial charge on any atom is 0.336 e. The number of hydrogen-bond donors (Lipinski definition) is 1. The fraction of sp³-hybridized carbons (Fsp3) is 0.148. The van der Waals surface area contributed by atoms with E-state index >= 15 is 0 Å². The largest absolute Gasteiger partial charge is 0.485 e. The maximum absolute atomic E-state index is 12.4. The number of carbonyl (C=O) groups is 1. The second-order valence-electron chi connectivity index (χ2n) is 8.12. The van der Waals surface area contributed by atoms with E-state index in [1.54, 1.807) is 6.07 Å². The van der Waals surface area contributed by atoms with Gasteiger partial charge >= 0.3 is 5.97 Å². The molecule has 3 aromatic carbocycles. The minimum atomic E-state index is -1.04. The first-order chi connectivity index (χ1) is 15.9. The second-order valence-corrected chi connectivity index (χ2v) is 8.12. The minimum absolute atomic E-state index is 0.140. The van der Waals surface area contributed by atoms with E-state index in [-0.39, 0.29) is 11.7 Å². The summed E-state index contributed by atoms with van der Waals surface area (Å²) in [5.41, 5.74) is 4.90. The first-order valence-electron chi connectivity index (χ1n) is 10.7. The highest BCUT2D eigenvalue weighted by molar-refractivity contribution is 6.07. The Morgan fingerprint density at radius 3 is 2.45 bits per heavy atom. The molecule has 0 aliphatic rings. The normalized spacial score (nSPS) is 12.2. The van der Waals surface area contributed by atoms with Gasteiger partial charge in [-0.15, -0.1) is 0 Å². The molecule has 0 unspecified atom stereocenters. The summed E-state index contributed by atoms with van der Waals surface area (Å²) in [6, 6.07) is 22.9. The number of rotatable bonds is 5. The molecule has 5 rings (SSSR count). The van der Waals surface area contributed by atoms with Gasteiger partial charge in [-0.1, -0.05) is 48.5 Å². The van der Waals surface area contributed by atoms with Crippen LogP contribution >= 0.6 is 0 Å². The van der Waals surface area contributed by atoms with Crippen molar-refractivity contribution in [2.75, 3.05) is 0 Å². The number of aromatic nitrogens is 3. The van der Waals surface area contributed by atoms with Gasteiger partial charge in [0.05, 0.1) is 27.5 Å². The second kappa shape index (κ2) is 8.06. The zero-order valence-electron chi connectivity index (χ0n) is 18.6. The number of carboxylic acid groups (broad SMARTS) is 1. The number of benzene rings is 3. The van der Waals surface area contributed by atoms with Crippen LogP contribution in [0.3, 0.4) is 0 Å². The molecule has 0 spiro atoms. The lowest BCUT2D eigenvalue weighted by atomic mass is 10.0. The molecule has 164 valence electrons. The molecule has 0 bridgehead atoms. The highest BCUT2D eigenvalue weighted by Gasteiger charge is 2.22. The van der Waals surface area contributed by atoms with Crippen LogP contribution in [-0.4, -0.2) is 25.6 Å². The lowest BCUT2D eigenvalue weighted by Crippen LogP contribution is -2.07. The van der Waals surface area contributed by atoms with E-state index in [4.69, 9.17) is 14.7 Å². The Morgan fingerprint density at radius 1 is 1.00 bits per heavy atom. The van der Waals surface area contributed by atoms with Gasteiger partial charge in [0, 0.05) is 7.05 Å². The van der Waals surface area contributed by atoms with E-state index in [0.29, 0.717) is 28.2 Å². The van der Waals surface area contributed by atoms with Crippen molar-refractivity contribution in [3.8, 4) is 17.3 Å². The molecular weight excluding hydrogens is 414 g/mol. The monoisotopic (exact) mass is 437 g/mol. The van der Waals surface area contributed by atoms with Crippen LogP contribution in [0.2, 0.25) is 0 Å². The van der Waals surface area contributed by atoms with Gasteiger partial charge in [-0.05, 0) is 49.2 Å². The van der Waals surface area contributed by atoms with E-state index in [0.717, 1.165) is 22.2 Å². The molecule has 2 aromatic heterocycles. The number of carboxylic acids is 1. The molecule has 0 amide bonds. The summed E-state index contributed by atoms with van der Waals surface area (Å²) in [5, 5.41) is 10.6. The van der Waals surface area contributed by atoms with Crippen LogP contribution in [0.5, 0.6) is 5.75 Å². The topological polar surface area (TPSA) is 77.2 Å². The molecule has 1 N–H and O–H groups in total. The number of nitrogens with zero attached hydrogens (tertiary/aromatic N) is 3. The summed E-state index contributed by atoms with van der Waals surface area (Å²) in [5.74, 6) is 0.0719. The van der Waals surface area contributed by atoms with Crippen molar-refractivity contribution in [1.29, 1.82) is 0 Å². The Balaban J connectivity index is 1.70. The van der Waals surface area contributed by atoms with E-state index in [1.807, 2.05) is 92.2 Å². The van der Waals surface area contributed by atoms with Crippen LogP contribution < -0.4 is 4.74 Å². The van der Waals surface area contributed by atoms with E-state index in [1.165, 1.54) is 0 Å². The molecule has 0 aliphatic carbocycles. The van der Waals surface area contributed by atoms with Gasteiger partial charge in [0.1, 0.15) is 17.5 Å². The number of hydrogen-bond acceptors (Lipinski definition) is 4. The Kier molecular flexibility index (Phi) is 5.05. The molecule has 0 saturated heterocycles. The molecule has 1 atom stereocenters. The third-order valence-corrected chi connectivity index (χ3v) is 5.94. The molecule has 5 aromatic rings. The van der Waals surface area contributed by atoms with E-state index < -0.39 is 5.97 Å². The predicted octanol–water partition coefficient (Wildman–Crippen LogP) is 5.94. The molecule has 0 radical (unpaired) electrons. The maximum atomic E-state index is 12.4. The zero-order valence-corrected chi connectivity index (χ0v) is 18.6. The van der Waals surface area contributed by atoms with Crippen molar-refractivity contribution in [3.05, 3.63) is 89.5 Å². The fourth-order valence-corrected chi connectivity index (χ4v) is 4.18. The van der Waals surface area contributed by atoms with E-state index in [9.17, 15) is 9.90 Å². The lowest BCUT2D eigenvalue weighted by molar-refractivity contribution is 0.0698. The molecule has 2 heterocycles. The number of ether oxygens (including phenoxy) is 1. The van der Waals surface area contributed by atoms with Crippen molar-refractivity contribution < 1.29 is 14.6 Å². The third kappa shape index (κ3) is 3.59. The van der Waals surface area contributed by atoms with Crippen molar-refractivity contribution in [3.63, 3.8) is 0 Å². The Labute approximate surface area is 191 Å². The molecular formula is C27H23N3O3. The van der Waals surface area contributed by atoms with Gasteiger partial charge in [-0.25, -0.2) is 14.8 Å². The lowest BCUT2D eigenvalue weighted by Gasteiger charge is -2.18. The van der Waals surface area contributed by atoms with Crippen LogP contribution in [-0.2, 0) is 7.05 Å². The summed E-state index contributed by atoms with van der Waals surface area (Å²) < 4.78 is 8.19. The summed E-state index contributed by atoms with van der Waals surface area (Å²) in [6.45, 7) is 3.87. The third-order valence-electron chi connectivity index (χ3n) is 5.94. The van der Waals surface area contributed by atoms with Crippen molar-refractivity contribution >= 4 is 27.9 Å². The molecule has 6 heteroatoms. The smallest absolute Gasteiger partial charge is 0.336 e. The molecule has 0 saturated carbocycles. The zero-order chi connectivity index (χ0) is 23.1. The van der Waals surface area contributed by atoms with Crippen LogP contribution in [0, 0.1) is 6.92 Å². The number of imidazole rings is 1. The van der Waals surface area contributed by atoms with Crippen LogP contribution in [0.25, 0.3) is 33.5 Å². The predicted molar refractivity (Wildman–Crippen MR) is 129 cm³/mol. The average Bonchev–Trinajstić information content (AvgIpc) is 3.17. The number of fused-ring (bicyclic) bond motifs is 2. The first kappa shape index (κ1) is 20.7. The van der Waals surface area contributed by atoms with Gasteiger partial charge < -0.3 is 14.4 Å². The van der Waals surface area contributed by atoms with Gasteiger partial charge in [0.25, 0.3) is 0 Å². The Hall–Kier alpha value is -4.19. The summed E-state index contributed by atoms with van der Waals surface area (Å²) in [4.78, 5) is 21.9. The van der Waals surface area contributed by atoms with Gasteiger partial charge in [-0.3, -0.25) is 0 Å². The molecule has 6 nitrogen and oxygen atoms in total. The van der Waals surface area contributed by atoms with Crippen LogP contribution in [0.15, 0.2) is 72.8 Å². The number of para-hydroxylation sites is 2. The van der Waals surface area contributed by atoms with Gasteiger partial charge in [0.15, 0.2) is 5.82 Å². The highest BCUT2D eigenvalue weighted by Crippen LogP contribution is 2.36. The van der Waals surface area contributed by atoms with Crippen molar-refractivity contribution in [2.24, 2.45) is 7.05 Å². The standard InChI is InChI=1S/C27H23N3O3/c1-16-13-14-23(33-17(2)18-9-5-4-6-10-18)24-19(27(31)32)15-21(28-25(16)24)26-29-20-11-7-8-12-22(20)30(26)3/h4-15,17H,1-3H3,(H,31,32)/t17-/m0/s1. The molecule has 0 fully saturated rings. The Bertz CT molecular complexity index is 1510. The van der Waals surface area contributed by atoms with Gasteiger partial charge in [0.2, 0.25) is 0 Å². The Morgan fingerprint density at radius 2 is 1.73 bits per heavy atom. The number of pyridine rings is 1. The number of aryl methyl sites for hydroxylation is 2. The summed E-state index contributed by atoms with van der Waals surface area (Å²) in [6.07, 6.45) is -0.252. The van der Waals surface area contributed by atoms with E-state index in [2.05, 4.69) is 0 Å². The average molecular weight is 437 g/mol. The number of aromatic carboxylic acids is 1. The SMILES string of the molecule is Cc1ccc(O[C@@H](C)c2ccccc2)c2c(C(=O)O)cc(-c3nc4ccccc4n3C)nc12. The summed E-state index contributed by atoms with van der Waals surface area (Å²) >= 11 is 0. The van der Waals surface area contributed by atoms with Crippen molar-refractivity contribution in [1.82, 2.24) is 14.5 Å². The minimum Gasteiger partial charge on any atom is -0.485 e. The van der Waals surface area contributed by atoms with Crippen LogP contribution in [0.4, 0.5) is 0 Å². The molecule has 33 heavy (non-hydrogen) atoms. The fourth-order valence-electron chi connectivity index (χ4n) is 4.18. The quantitative estimate of drug-likeness (QED) is 0.368. The van der Waals surface area contributed by atoms with Crippen molar-refractivity contribution in [2.45, 2.75) is 20.0 Å². The summed E-state index contributed by atoms with van der Waals surface area (Å²) in [7, 11) is 1.91. The highest BCUT2D eigenvalue weighted by atomic mass is 16.5. The molecule has 0 aliphatic heterocycles. The van der Waals surface area contributed by atoms with Crippen LogP contribution in [0.1, 0.15) is 34.5 Å².